The lowest BCUT2D eigenvalue weighted by Gasteiger charge is -2.05. The average molecular weight is 158 g/mol. The van der Waals surface area contributed by atoms with E-state index in [2.05, 4.69) is 4.74 Å². The minimum Gasteiger partial charge on any atom is -0.469 e. The normalized spacial score (nSPS) is 30.4. The summed E-state index contributed by atoms with van der Waals surface area (Å²) in [4.78, 5) is 10.8. The van der Waals surface area contributed by atoms with Crippen LogP contribution in [-0.2, 0) is 9.53 Å². The Bertz CT molecular complexity index is 144. The first-order valence-electron chi connectivity index (χ1n) is 3.97. The highest BCUT2D eigenvalue weighted by molar-refractivity contribution is 5.69. The van der Waals surface area contributed by atoms with E-state index < -0.39 is 0 Å². The zero-order chi connectivity index (χ0) is 8.27. The molecule has 0 radical (unpaired) electrons. The molecule has 2 atom stereocenters. The number of aliphatic hydroxyl groups is 1. The monoisotopic (exact) mass is 158 g/mol. The first-order chi connectivity index (χ1) is 5.22. The van der Waals surface area contributed by atoms with Crippen LogP contribution in [0.1, 0.15) is 25.7 Å². The van der Waals surface area contributed by atoms with Gasteiger partial charge in [-0.05, 0) is 25.2 Å². The molecule has 1 N–H and O–H groups in total. The number of hydrogen-bond donors (Lipinski definition) is 1. The topological polar surface area (TPSA) is 46.5 Å². The van der Waals surface area contributed by atoms with Gasteiger partial charge in [0.05, 0.1) is 13.2 Å². The van der Waals surface area contributed by atoms with E-state index in [1.807, 2.05) is 0 Å². The Labute approximate surface area is 66.4 Å². The molecule has 0 bridgehead atoms. The number of esters is 1. The second-order valence-corrected chi connectivity index (χ2v) is 3.11. The molecule has 1 aliphatic rings. The molecular formula is C8H14O3. The Hall–Kier alpha value is -0.570. The molecule has 1 aliphatic carbocycles. The lowest BCUT2D eigenvalue weighted by atomic mass is 10.0. The maximum Gasteiger partial charge on any atom is 0.305 e. The number of hydrogen-bond acceptors (Lipinski definition) is 3. The van der Waals surface area contributed by atoms with Crippen molar-refractivity contribution in [2.45, 2.75) is 31.8 Å². The Morgan fingerprint density at radius 2 is 2.36 bits per heavy atom. The molecule has 0 aromatic heterocycles. The molecule has 0 aliphatic heterocycles. The summed E-state index contributed by atoms with van der Waals surface area (Å²) in [5.74, 6) is 0.182. The van der Waals surface area contributed by atoms with Crippen molar-refractivity contribution in [3.63, 3.8) is 0 Å². The van der Waals surface area contributed by atoms with Crippen LogP contribution in [0, 0.1) is 5.92 Å². The molecule has 0 amide bonds. The van der Waals surface area contributed by atoms with Gasteiger partial charge in [0.2, 0.25) is 0 Å². The van der Waals surface area contributed by atoms with Gasteiger partial charge in [0.25, 0.3) is 0 Å². The standard InChI is InChI=1S/C8H14O3/c1-11-8(10)5-6-2-3-7(9)4-6/h6-7,9H,2-5H2,1H3/t6-,7+/m0/s1. The summed E-state index contributed by atoms with van der Waals surface area (Å²) in [6.45, 7) is 0. The Balaban J connectivity index is 2.23. The average Bonchev–Trinajstić information content (AvgIpc) is 2.35. The molecule has 0 spiro atoms. The highest BCUT2D eigenvalue weighted by Crippen LogP contribution is 2.28. The number of carbonyl (C=O) groups excluding carboxylic acids is 1. The molecule has 0 aromatic rings. The van der Waals surface area contributed by atoms with E-state index in [0.29, 0.717) is 12.3 Å². The second kappa shape index (κ2) is 3.72. The van der Waals surface area contributed by atoms with E-state index >= 15 is 0 Å². The molecule has 64 valence electrons. The van der Waals surface area contributed by atoms with Gasteiger partial charge >= 0.3 is 5.97 Å². The molecule has 0 aromatic carbocycles. The molecule has 1 saturated carbocycles. The summed E-state index contributed by atoms with van der Waals surface area (Å²) in [7, 11) is 1.40. The van der Waals surface area contributed by atoms with Crippen LogP contribution in [0.15, 0.2) is 0 Å². The third-order valence-electron chi connectivity index (χ3n) is 2.20. The SMILES string of the molecule is COC(=O)C[C@H]1CC[C@@H](O)C1. The molecular weight excluding hydrogens is 144 g/mol. The molecule has 0 unspecified atom stereocenters. The molecule has 11 heavy (non-hydrogen) atoms. The summed E-state index contributed by atoms with van der Waals surface area (Å²) in [5, 5.41) is 9.13. The van der Waals surface area contributed by atoms with Crippen LogP contribution in [0.3, 0.4) is 0 Å². The van der Waals surface area contributed by atoms with E-state index in [1.165, 1.54) is 7.11 Å². The van der Waals surface area contributed by atoms with Gasteiger partial charge in [-0.15, -0.1) is 0 Å². The summed E-state index contributed by atoms with van der Waals surface area (Å²) < 4.78 is 4.53. The van der Waals surface area contributed by atoms with Gasteiger partial charge < -0.3 is 9.84 Å². The van der Waals surface area contributed by atoms with Crippen molar-refractivity contribution >= 4 is 5.97 Å². The highest BCUT2D eigenvalue weighted by Gasteiger charge is 2.24. The number of rotatable bonds is 2. The second-order valence-electron chi connectivity index (χ2n) is 3.11. The fourth-order valence-corrected chi connectivity index (χ4v) is 1.55. The Morgan fingerprint density at radius 1 is 1.64 bits per heavy atom. The zero-order valence-electron chi connectivity index (χ0n) is 6.75. The van der Waals surface area contributed by atoms with Crippen LogP contribution in [0.2, 0.25) is 0 Å². The molecule has 0 heterocycles. The van der Waals surface area contributed by atoms with E-state index in [1.54, 1.807) is 0 Å². The summed E-state index contributed by atoms with van der Waals surface area (Å²) in [5.41, 5.74) is 0. The summed E-state index contributed by atoms with van der Waals surface area (Å²) in [6, 6.07) is 0. The predicted octanol–water partition coefficient (Wildman–Crippen LogP) is 0.710. The van der Waals surface area contributed by atoms with Crippen molar-refractivity contribution in [2.24, 2.45) is 5.92 Å². The quantitative estimate of drug-likeness (QED) is 0.602. The minimum absolute atomic E-state index is 0.163. The predicted molar refractivity (Wildman–Crippen MR) is 40.0 cm³/mol. The van der Waals surface area contributed by atoms with Crippen molar-refractivity contribution in [2.75, 3.05) is 7.11 Å². The van der Waals surface area contributed by atoms with Crippen molar-refractivity contribution < 1.29 is 14.6 Å². The fourth-order valence-electron chi connectivity index (χ4n) is 1.55. The van der Waals surface area contributed by atoms with Crippen LogP contribution in [-0.4, -0.2) is 24.3 Å². The lowest BCUT2D eigenvalue weighted by molar-refractivity contribution is -0.141. The van der Waals surface area contributed by atoms with Crippen LogP contribution < -0.4 is 0 Å². The van der Waals surface area contributed by atoms with Crippen LogP contribution in [0.4, 0.5) is 0 Å². The van der Waals surface area contributed by atoms with Crippen molar-refractivity contribution in [3.8, 4) is 0 Å². The molecule has 3 heteroatoms. The maximum atomic E-state index is 10.8. The van der Waals surface area contributed by atoms with Crippen LogP contribution in [0.25, 0.3) is 0 Å². The first kappa shape index (κ1) is 8.53. The summed E-state index contributed by atoms with van der Waals surface area (Å²) >= 11 is 0. The van der Waals surface area contributed by atoms with Gasteiger partial charge in [0, 0.05) is 6.42 Å². The van der Waals surface area contributed by atoms with Crippen molar-refractivity contribution in [3.05, 3.63) is 0 Å². The van der Waals surface area contributed by atoms with Gasteiger partial charge in [0.15, 0.2) is 0 Å². The van der Waals surface area contributed by atoms with Crippen molar-refractivity contribution in [1.29, 1.82) is 0 Å². The highest BCUT2D eigenvalue weighted by atomic mass is 16.5. The third kappa shape index (κ3) is 2.50. The number of methoxy groups -OCH3 is 1. The van der Waals surface area contributed by atoms with Gasteiger partial charge in [0.1, 0.15) is 0 Å². The maximum absolute atomic E-state index is 10.8. The number of carbonyl (C=O) groups is 1. The van der Waals surface area contributed by atoms with Gasteiger partial charge in [-0.1, -0.05) is 0 Å². The van der Waals surface area contributed by atoms with Gasteiger partial charge in [-0.3, -0.25) is 4.79 Å². The Kier molecular flexibility index (Phi) is 2.88. The number of aliphatic hydroxyl groups excluding tert-OH is 1. The smallest absolute Gasteiger partial charge is 0.305 e. The fraction of sp³-hybridized carbons (Fsp3) is 0.875. The minimum atomic E-state index is -0.190. The van der Waals surface area contributed by atoms with E-state index in [4.69, 9.17) is 5.11 Å². The van der Waals surface area contributed by atoms with E-state index in [-0.39, 0.29) is 12.1 Å². The molecule has 0 saturated heterocycles. The summed E-state index contributed by atoms with van der Waals surface area (Å²) in [6.07, 6.45) is 2.82. The molecule has 1 fully saturated rings. The first-order valence-corrected chi connectivity index (χ1v) is 3.97. The van der Waals surface area contributed by atoms with E-state index in [9.17, 15) is 4.79 Å². The third-order valence-corrected chi connectivity index (χ3v) is 2.20. The van der Waals surface area contributed by atoms with Gasteiger partial charge in [-0.2, -0.15) is 0 Å². The van der Waals surface area contributed by atoms with Crippen molar-refractivity contribution in [1.82, 2.24) is 0 Å². The lowest BCUT2D eigenvalue weighted by Crippen LogP contribution is -2.08. The number of ether oxygens (including phenoxy) is 1. The largest absolute Gasteiger partial charge is 0.469 e. The van der Waals surface area contributed by atoms with Crippen LogP contribution in [0.5, 0.6) is 0 Å². The Morgan fingerprint density at radius 3 is 2.82 bits per heavy atom. The van der Waals surface area contributed by atoms with E-state index in [0.717, 1.165) is 19.3 Å². The molecule has 1 rings (SSSR count). The zero-order valence-corrected chi connectivity index (χ0v) is 6.75. The van der Waals surface area contributed by atoms with Gasteiger partial charge in [-0.25, -0.2) is 0 Å². The van der Waals surface area contributed by atoms with Crippen LogP contribution >= 0.6 is 0 Å². The molecule has 3 nitrogen and oxygen atoms in total.